The quantitative estimate of drug-likeness (QED) is 0.174. The molecule has 5 aliphatic rings. The SMILES string of the molecule is CC(C)(C)[C@@H](CN1C(=O)COCC1=O)NC(=O)N[C@H](C(=O)N1C[C@H]2[C@@H]([C@H]1C(=O)NC(CC1CCC1)C(=O)C(N)=O)C2(C)C)C1CCCCC1. The Bertz CT molecular complexity index is 1330. The lowest BCUT2D eigenvalue weighted by Gasteiger charge is -2.39. The number of carbonyl (C=O) groups excluding carboxylic acids is 7. The third-order valence-corrected chi connectivity index (χ3v) is 11.9. The van der Waals surface area contributed by atoms with Crippen LogP contribution < -0.4 is 21.7 Å². The van der Waals surface area contributed by atoms with Gasteiger partial charge < -0.3 is 31.3 Å². The second-order valence-electron chi connectivity index (χ2n) is 16.5. The molecule has 1 unspecified atom stereocenters. The topological polar surface area (TPSA) is 197 Å². The van der Waals surface area contributed by atoms with E-state index in [9.17, 15) is 33.6 Å². The number of amides is 7. The van der Waals surface area contributed by atoms with Crippen molar-refractivity contribution in [2.45, 2.75) is 117 Å². The van der Waals surface area contributed by atoms with E-state index in [0.29, 0.717) is 13.0 Å². The number of primary amides is 1. The first-order valence-electron chi connectivity index (χ1n) is 17.9. The Morgan fingerprint density at radius 2 is 1.55 bits per heavy atom. The van der Waals surface area contributed by atoms with Crippen molar-refractivity contribution >= 4 is 41.4 Å². The van der Waals surface area contributed by atoms with Crippen LogP contribution in [0.3, 0.4) is 0 Å². The summed E-state index contributed by atoms with van der Waals surface area (Å²) in [5.74, 6) is -3.73. The van der Waals surface area contributed by atoms with Gasteiger partial charge in [-0.15, -0.1) is 0 Å². The minimum absolute atomic E-state index is 0.0428. The fraction of sp³-hybridized carbons (Fsp3) is 0.800. The Morgan fingerprint density at radius 1 is 0.918 bits per heavy atom. The van der Waals surface area contributed by atoms with Gasteiger partial charge >= 0.3 is 6.03 Å². The van der Waals surface area contributed by atoms with E-state index in [-0.39, 0.29) is 54.8 Å². The van der Waals surface area contributed by atoms with Crippen LogP contribution in [0.4, 0.5) is 4.79 Å². The molecular formula is C35H54N6O8. The van der Waals surface area contributed by atoms with Gasteiger partial charge in [0.2, 0.25) is 17.6 Å². The van der Waals surface area contributed by atoms with E-state index < -0.39 is 65.0 Å². The van der Waals surface area contributed by atoms with E-state index in [0.717, 1.165) is 56.3 Å². The fourth-order valence-electron chi connectivity index (χ4n) is 8.35. The number of hydrogen-bond acceptors (Lipinski definition) is 8. The van der Waals surface area contributed by atoms with Crippen molar-refractivity contribution in [3.05, 3.63) is 0 Å². The predicted molar refractivity (Wildman–Crippen MR) is 177 cm³/mol. The summed E-state index contributed by atoms with van der Waals surface area (Å²) in [5, 5.41) is 8.70. The number of piperidine rings is 1. The average molecular weight is 687 g/mol. The Hall–Kier alpha value is -3.55. The number of ketones is 1. The number of likely N-dealkylation sites (tertiary alicyclic amines) is 1. The smallest absolute Gasteiger partial charge is 0.315 e. The van der Waals surface area contributed by atoms with Gasteiger partial charge in [0.15, 0.2) is 0 Å². The molecule has 0 aromatic heterocycles. The molecule has 3 saturated carbocycles. The average Bonchev–Trinajstić information content (AvgIpc) is 3.32. The molecule has 2 saturated heterocycles. The zero-order chi connectivity index (χ0) is 35.8. The Labute approximate surface area is 288 Å². The summed E-state index contributed by atoms with van der Waals surface area (Å²) in [6.45, 7) is 9.66. The van der Waals surface area contributed by atoms with E-state index in [2.05, 4.69) is 29.8 Å². The van der Waals surface area contributed by atoms with Crippen molar-refractivity contribution in [3.8, 4) is 0 Å². The van der Waals surface area contributed by atoms with Crippen molar-refractivity contribution in [3.63, 3.8) is 0 Å². The molecular weight excluding hydrogens is 632 g/mol. The van der Waals surface area contributed by atoms with Crippen LogP contribution in [-0.4, -0.2) is 102 Å². The number of imide groups is 1. The first-order chi connectivity index (χ1) is 23.0. The van der Waals surface area contributed by atoms with Gasteiger partial charge in [-0.05, 0) is 53.8 Å². The first kappa shape index (κ1) is 36.7. The highest BCUT2D eigenvalue weighted by Gasteiger charge is 2.69. The second-order valence-corrected chi connectivity index (χ2v) is 16.5. The number of ether oxygens (including phenoxy) is 1. The Morgan fingerprint density at radius 3 is 2.10 bits per heavy atom. The zero-order valence-corrected chi connectivity index (χ0v) is 29.5. The molecule has 0 aromatic carbocycles. The highest BCUT2D eigenvalue weighted by atomic mass is 16.5. The molecule has 14 nitrogen and oxygen atoms in total. The Kier molecular flexibility index (Phi) is 10.8. The number of nitrogens with zero attached hydrogens (tertiary/aromatic N) is 2. The number of rotatable bonds is 12. The monoisotopic (exact) mass is 686 g/mol. The van der Waals surface area contributed by atoms with Crippen LogP contribution in [-0.2, 0) is 33.5 Å². The third kappa shape index (κ3) is 7.94. The molecule has 272 valence electrons. The van der Waals surface area contributed by atoms with Crippen LogP contribution in [0.2, 0.25) is 0 Å². The molecule has 0 radical (unpaired) electrons. The van der Waals surface area contributed by atoms with Crippen molar-refractivity contribution < 1.29 is 38.3 Å². The highest BCUT2D eigenvalue weighted by Crippen LogP contribution is 2.65. The van der Waals surface area contributed by atoms with E-state index >= 15 is 0 Å². The predicted octanol–water partition coefficient (Wildman–Crippen LogP) is 1.25. The summed E-state index contributed by atoms with van der Waals surface area (Å²) in [4.78, 5) is 94.6. The standard InChI is InChI=1S/C35H54N6O8/c1-34(2,3)23(16-40-24(42)17-49-18-25(40)43)38-33(48)39-27(20-12-7-6-8-13-20)32(47)41-15-21-26(35(21,4)5)28(41)31(46)37-22(29(44)30(36)45)14-19-10-9-11-19/h19-23,26-28H,6-18H2,1-5H3,(H2,36,45)(H,37,46)(H2,38,39,48)/t21-,22?,23+,26-,27-,28-/m0/s1. The summed E-state index contributed by atoms with van der Waals surface area (Å²) in [7, 11) is 0. The number of nitrogens with one attached hydrogen (secondary N) is 3. The first-order valence-corrected chi connectivity index (χ1v) is 17.9. The van der Waals surface area contributed by atoms with Crippen molar-refractivity contribution in [2.75, 3.05) is 26.3 Å². The van der Waals surface area contributed by atoms with Crippen LogP contribution in [0.1, 0.15) is 92.4 Å². The van der Waals surface area contributed by atoms with Gasteiger partial charge in [-0.1, -0.05) is 73.1 Å². The maximum Gasteiger partial charge on any atom is 0.315 e. The lowest BCUT2D eigenvalue weighted by atomic mass is 9.80. The lowest BCUT2D eigenvalue weighted by Crippen LogP contribution is -2.62. The molecule has 0 bridgehead atoms. The number of fused-ring (bicyclic) bond motifs is 1. The number of morpholine rings is 1. The van der Waals surface area contributed by atoms with Gasteiger partial charge in [0.25, 0.3) is 17.7 Å². The van der Waals surface area contributed by atoms with Crippen LogP contribution >= 0.6 is 0 Å². The fourth-order valence-corrected chi connectivity index (χ4v) is 8.35. The number of nitrogens with two attached hydrogens (primary N) is 1. The number of Topliss-reactive ketones (excluding diaryl/α,β-unsaturated/α-hetero) is 1. The summed E-state index contributed by atoms with van der Waals surface area (Å²) in [6, 6.07) is -4.06. The van der Waals surface area contributed by atoms with E-state index in [1.807, 2.05) is 20.8 Å². The number of carbonyl (C=O) groups is 7. The van der Waals surface area contributed by atoms with Gasteiger partial charge in [-0.3, -0.25) is 33.7 Å². The van der Waals surface area contributed by atoms with Crippen LogP contribution in [0.25, 0.3) is 0 Å². The lowest BCUT2D eigenvalue weighted by molar-refractivity contribution is -0.159. The van der Waals surface area contributed by atoms with E-state index in [1.165, 1.54) is 0 Å². The van der Waals surface area contributed by atoms with Gasteiger partial charge in [-0.25, -0.2) is 4.79 Å². The van der Waals surface area contributed by atoms with Crippen LogP contribution in [0.15, 0.2) is 0 Å². The molecule has 2 aliphatic heterocycles. The van der Waals surface area contributed by atoms with Gasteiger partial charge in [-0.2, -0.15) is 0 Å². The number of hydrogen-bond donors (Lipinski definition) is 4. The maximum absolute atomic E-state index is 14.6. The maximum atomic E-state index is 14.6. The summed E-state index contributed by atoms with van der Waals surface area (Å²) >= 11 is 0. The van der Waals surface area contributed by atoms with E-state index in [4.69, 9.17) is 10.5 Å². The molecule has 0 aromatic rings. The highest BCUT2D eigenvalue weighted by molar-refractivity contribution is 6.37. The van der Waals surface area contributed by atoms with Crippen LogP contribution in [0.5, 0.6) is 0 Å². The van der Waals surface area contributed by atoms with Gasteiger partial charge in [0.1, 0.15) is 25.3 Å². The van der Waals surface area contributed by atoms with Crippen molar-refractivity contribution in [1.29, 1.82) is 0 Å². The third-order valence-electron chi connectivity index (χ3n) is 11.9. The van der Waals surface area contributed by atoms with Gasteiger partial charge in [0, 0.05) is 13.1 Å². The molecule has 5 rings (SSSR count). The molecule has 0 spiro atoms. The van der Waals surface area contributed by atoms with Crippen molar-refractivity contribution in [2.24, 2.45) is 40.2 Å². The molecule has 5 fully saturated rings. The largest absolute Gasteiger partial charge is 0.363 e. The molecule has 2 heterocycles. The minimum Gasteiger partial charge on any atom is -0.363 e. The zero-order valence-electron chi connectivity index (χ0n) is 29.5. The molecule has 6 atom stereocenters. The molecule has 49 heavy (non-hydrogen) atoms. The summed E-state index contributed by atoms with van der Waals surface area (Å²) in [5.41, 5.74) is 4.61. The normalized spacial score (nSPS) is 27.3. The molecule has 14 heteroatoms. The summed E-state index contributed by atoms with van der Waals surface area (Å²) in [6.07, 6.45) is 7.49. The van der Waals surface area contributed by atoms with E-state index in [1.54, 1.807) is 4.90 Å². The Balaban J connectivity index is 1.35. The second kappa shape index (κ2) is 14.4. The molecule has 7 amide bonds. The number of urea groups is 1. The molecule has 5 N–H and O–H groups in total. The van der Waals surface area contributed by atoms with Gasteiger partial charge in [0.05, 0.1) is 12.1 Å². The minimum atomic E-state index is -1.10. The summed E-state index contributed by atoms with van der Waals surface area (Å²) < 4.78 is 5.04. The van der Waals surface area contributed by atoms with Crippen molar-refractivity contribution in [1.82, 2.24) is 25.8 Å². The van der Waals surface area contributed by atoms with Crippen LogP contribution in [0, 0.1) is 34.5 Å². The molecule has 3 aliphatic carbocycles.